The molecule has 3 aromatic rings. The van der Waals surface area contributed by atoms with E-state index in [0.717, 1.165) is 47.7 Å². The first-order valence-corrected chi connectivity index (χ1v) is 15.7. The summed E-state index contributed by atoms with van der Waals surface area (Å²) in [6, 6.07) is 11.8. The van der Waals surface area contributed by atoms with Crippen LogP contribution < -0.4 is 5.32 Å². The minimum Gasteiger partial charge on any atom is -0.373 e. The number of nitrogens with one attached hydrogen (secondary N) is 1. The number of fused-ring (bicyclic) bond motifs is 2. The first-order chi connectivity index (χ1) is 19.1. The summed E-state index contributed by atoms with van der Waals surface area (Å²) in [6.07, 6.45) is 4.72. The molecular weight excluding hydrogens is 573 g/mol. The number of aromatic nitrogens is 1. The molecule has 2 atom stereocenters. The summed E-state index contributed by atoms with van der Waals surface area (Å²) in [4.78, 5) is 13.3. The van der Waals surface area contributed by atoms with Crippen molar-refractivity contribution in [1.82, 2.24) is 9.46 Å². The third-order valence-electron chi connectivity index (χ3n) is 8.37. The van der Waals surface area contributed by atoms with Gasteiger partial charge >= 0.3 is 0 Å². The highest BCUT2D eigenvalue weighted by Gasteiger charge is 2.51. The predicted molar refractivity (Wildman–Crippen MR) is 153 cm³/mol. The van der Waals surface area contributed by atoms with Crippen molar-refractivity contribution in [3.63, 3.8) is 0 Å². The van der Waals surface area contributed by atoms with Gasteiger partial charge in [0.1, 0.15) is 11.5 Å². The summed E-state index contributed by atoms with van der Waals surface area (Å²) in [5.41, 5.74) is 2.68. The van der Waals surface area contributed by atoms with Crippen molar-refractivity contribution >= 4 is 44.8 Å². The molecule has 1 N–H and O–H groups in total. The molecule has 2 unspecified atom stereocenters. The molecule has 40 heavy (non-hydrogen) atoms. The third-order valence-corrected chi connectivity index (χ3v) is 10.8. The Morgan fingerprint density at radius 1 is 1.07 bits per heavy atom. The molecule has 7 rings (SSSR count). The number of anilines is 1. The lowest BCUT2D eigenvalue weighted by Crippen LogP contribution is -2.51. The minimum absolute atomic E-state index is 0.0258. The molecule has 0 radical (unpaired) electrons. The number of carbonyl (C=O) groups excluding carboxylic acids is 1. The summed E-state index contributed by atoms with van der Waals surface area (Å²) >= 11 is 13.0. The fourth-order valence-electron chi connectivity index (χ4n) is 6.11. The van der Waals surface area contributed by atoms with Gasteiger partial charge in [0.15, 0.2) is 0 Å². The van der Waals surface area contributed by atoms with Crippen molar-refractivity contribution in [2.75, 3.05) is 19.4 Å². The first-order valence-electron chi connectivity index (χ1n) is 13.5. The van der Waals surface area contributed by atoms with Crippen LogP contribution in [0.5, 0.6) is 0 Å². The standard InChI is InChI=1S/C29H31Cl2N3O5S/c1-34(2)40(36,37)21-6-3-5-19(14-21)32-29(35)25-17-11-18(25)13-20(12-17)38-15-22-27(33-39-28(22)16-9-10-16)26-23(30)7-4-8-24(26)31/h3-8,14,16-18,20,25H,9-13,15H2,1-2H3,(H,32,35). The van der Waals surface area contributed by atoms with Gasteiger partial charge in [-0.15, -0.1) is 0 Å². The Kier molecular flexibility index (Phi) is 7.46. The Hall–Kier alpha value is -2.43. The van der Waals surface area contributed by atoms with Gasteiger partial charge in [-0.25, -0.2) is 12.7 Å². The van der Waals surface area contributed by atoms with Crippen molar-refractivity contribution in [2.24, 2.45) is 17.8 Å². The van der Waals surface area contributed by atoms with Crippen molar-refractivity contribution < 1.29 is 22.5 Å². The zero-order valence-corrected chi connectivity index (χ0v) is 24.6. The molecule has 212 valence electrons. The van der Waals surface area contributed by atoms with Gasteiger partial charge in [-0.2, -0.15) is 0 Å². The highest BCUT2D eigenvalue weighted by molar-refractivity contribution is 7.89. The van der Waals surface area contributed by atoms with E-state index in [1.807, 2.05) is 0 Å². The average Bonchev–Trinajstić information content (AvgIpc) is 3.67. The second-order valence-corrected chi connectivity index (χ2v) is 14.2. The Labute approximate surface area is 244 Å². The van der Waals surface area contributed by atoms with Crippen molar-refractivity contribution in [1.29, 1.82) is 0 Å². The number of hydrogen-bond acceptors (Lipinski definition) is 6. The van der Waals surface area contributed by atoms with E-state index in [2.05, 4.69) is 10.5 Å². The average molecular weight is 605 g/mol. The lowest BCUT2D eigenvalue weighted by Gasteiger charge is -2.51. The van der Waals surface area contributed by atoms with E-state index in [-0.39, 0.29) is 34.7 Å². The second kappa shape index (κ2) is 10.8. The number of sulfonamides is 1. The molecular formula is C29H31Cl2N3O5S. The van der Waals surface area contributed by atoms with E-state index in [0.29, 0.717) is 39.5 Å². The number of amides is 1. The van der Waals surface area contributed by atoms with Gasteiger partial charge in [-0.3, -0.25) is 4.79 Å². The zero-order chi connectivity index (χ0) is 28.2. The van der Waals surface area contributed by atoms with Crippen LogP contribution in [0.2, 0.25) is 10.0 Å². The monoisotopic (exact) mass is 603 g/mol. The van der Waals surface area contributed by atoms with Crippen LogP contribution in [0.25, 0.3) is 11.3 Å². The van der Waals surface area contributed by atoms with Crippen molar-refractivity contribution in [2.45, 2.75) is 55.6 Å². The number of ether oxygens (including phenoxy) is 1. The third kappa shape index (κ3) is 5.18. The van der Waals surface area contributed by atoms with Gasteiger partial charge in [0, 0.05) is 42.7 Å². The van der Waals surface area contributed by atoms with Gasteiger partial charge in [0.05, 0.1) is 27.7 Å². The quantitative estimate of drug-likeness (QED) is 0.306. The molecule has 4 saturated carbocycles. The predicted octanol–water partition coefficient (Wildman–Crippen LogP) is 6.35. The lowest BCUT2D eigenvalue weighted by atomic mass is 9.56. The van der Waals surface area contributed by atoms with Crippen molar-refractivity contribution in [3.05, 3.63) is 63.8 Å². The molecule has 0 saturated heterocycles. The van der Waals surface area contributed by atoms with Gasteiger partial charge in [-0.05, 0) is 74.3 Å². The van der Waals surface area contributed by atoms with Crippen LogP contribution in [-0.4, -0.2) is 44.0 Å². The summed E-state index contributed by atoms with van der Waals surface area (Å²) in [7, 11) is -0.618. The van der Waals surface area contributed by atoms with Gasteiger partial charge < -0.3 is 14.6 Å². The van der Waals surface area contributed by atoms with Crippen LogP contribution in [0, 0.1) is 17.8 Å². The topological polar surface area (TPSA) is 102 Å². The Balaban J connectivity index is 1.11. The molecule has 2 bridgehead atoms. The van der Waals surface area contributed by atoms with Crippen LogP contribution in [0.15, 0.2) is 51.9 Å². The van der Waals surface area contributed by atoms with E-state index in [9.17, 15) is 13.2 Å². The van der Waals surface area contributed by atoms with E-state index in [1.165, 1.54) is 26.2 Å². The molecule has 4 aliphatic rings. The normalized spacial score (nSPS) is 24.1. The van der Waals surface area contributed by atoms with Gasteiger partial charge in [0.2, 0.25) is 15.9 Å². The van der Waals surface area contributed by atoms with Crippen LogP contribution in [-0.2, 0) is 26.2 Å². The molecule has 11 heteroatoms. The smallest absolute Gasteiger partial charge is 0.242 e. The number of benzene rings is 2. The maximum atomic E-state index is 13.2. The largest absolute Gasteiger partial charge is 0.373 e. The van der Waals surface area contributed by atoms with Crippen LogP contribution in [0.3, 0.4) is 0 Å². The number of nitrogens with zero attached hydrogens (tertiary/aromatic N) is 2. The van der Waals surface area contributed by atoms with Gasteiger partial charge in [-0.1, -0.05) is 40.5 Å². The summed E-state index contributed by atoms with van der Waals surface area (Å²) in [6.45, 7) is 0.348. The number of hydrogen-bond donors (Lipinski definition) is 1. The maximum Gasteiger partial charge on any atom is 0.242 e. The van der Waals surface area contributed by atoms with E-state index < -0.39 is 10.0 Å². The molecule has 1 amide bonds. The molecule has 1 heterocycles. The van der Waals surface area contributed by atoms with Crippen LogP contribution in [0.4, 0.5) is 5.69 Å². The molecule has 2 aromatic carbocycles. The lowest BCUT2D eigenvalue weighted by molar-refractivity contribution is -0.142. The maximum absolute atomic E-state index is 13.2. The van der Waals surface area contributed by atoms with E-state index in [1.54, 1.807) is 30.3 Å². The SMILES string of the molecule is CN(C)S(=O)(=O)c1cccc(NC(=O)C2C3CC(OCc4c(-c5c(Cl)cccc5Cl)noc4C4CC4)CC2C3)c1. The summed E-state index contributed by atoms with van der Waals surface area (Å²) < 4.78 is 38.3. The van der Waals surface area contributed by atoms with Crippen molar-refractivity contribution in [3.8, 4) is 11.3 Å². The highest BCUT2D eigenvalue weighted by Crippen LogP contribution is 2.52. The fourth-order valence-corrected chi connectivity index (χ4v) is 7.64. The molecule has 1 aromatic heterocycles. The summed E-state index contributed by atoms with van der Waals surface area (Å²) in [5, 5.41) is 8.32. The highest BCUT2D eigenvalue weighted by atomic mass is 35.5. The zero-order valence-electron chi connectivity index (χ0n) is 22.3. The Morgan fingerprint density at radius 2 is 1.75 bits per heavy atom. The van der Waals surface area contributed by atoms with Crippen LogP contribution >= 0.6 is 23.2 Å². The van der Waals surface area contributed by atoms with Gasteiger partial charge in [0.25, 0.3) is 0 Å². The number of halogens is 2. The fraction of sp³-hybridized carbons (Fsp3) is 0.448. The minimum atomic E-state index is -3.59. The van der Waals surface area contributed by atoms with E-state index >= 15 is 0 Å². The molecule has 4 fully saturated rings. The summed E-state index contributed by atoms with van der Waals surface area (Å²) in [5.74, 6) is 1.47. The Bertz CT molecular complexity index is 1520. The second-order valence-electron chi connectivity index (χ2n) is 11.2. The molecule has 4 aliphatic carbocycles. The van der Waals surface area contributed by atoms with E-state index in [4.69, 9.17) is 32.5 Å². The Morgan fingerprint density at radius 3 is 2.40 bits per heavy atom. The molecule has 0 spiro atoms. The molecule has 8 nitrogen and oxygen atoms in total. The number of carbonyl (C=O) groups is 1. The number of rotatable bonds is 9. The van der Waals surface area contributed by atoms with Crippen LogP contribution in [0.1, 0.15) is 49.3 Å². The first kappa shape index (κ1) is 27.7. The molecule has 0 aliphatic heterocycles.